The number of rotatable bonds is 9. The smallest absolute Gasteiger partial charge is 0.287 e. The fourth-order valence-electron chi connectivity index (χ4n) is 6.74. The maximum Gasteiger partial charge on any atom is 0.287 e. The molecular formula is C32H40N4O7. The van der Waals surface area contributed by atoms with Crippen LogP contribution in [0.4, 0.5) is 0 Å². The van der Waals surface area contributed by atoms with Crippen molar-refractivity contribution >= 4 is 40.2 Å². The Balaban J connectivity index is 1.37. The number of nitrogens with one attached hydrogen (secondary N) is 2. The van der Waals surface area contributed by atoms with Gasteiger partial charge < -0.3 is 31.1 Å². The molecule has 0 spiro atoms. The Morgan fingerprint density at radius 2 is 1.70 bits per heavy atom. The van der Waals surface area contributed by atoms with Crippen molar-refractivity contribution in [3.8, 4) is 0 Å². The van der Waals surface area contributed by atoms with Crippen LogP contribution in [0.25, 0.3) is 10.8 Å². The number of hydrogen-bond acceptors (Lipinski definition) is 7. The lowest BCUT2D eigenvalue weighted by Gasteiger charge is -2.37. The van der Waals surface area contributed by atoms with Crippen LogP contribution in [0.1, 0.15) is 68.1 Å². The Morgan fingerprint density at radius 1 is 1.00 bits per heavy atom. The van der Waals surface area contributed by atoms with E-state index in [1.165, 1.54) is 4.90 Å². The SMILES string of the molecule is NC(=O)C(=O)C1(NC(=O)[C@@H]2C[C@@H](O)CN2C(=O)[C@@H](CC2CCCCC2)NC(=O)c2ccc3ccccc3c2)CCOCC1. The second-order valence-electron chi connectivity index (χ2n) is 12.1. The molecule has 0 bridgehead atoms. The third-order valence-corrected chi connectivity index (χ3v) is 9.14. The summed E-state index contributed by atoms with van der Waals surface area (Å²) in [6.07, 6.45) is 4.67. The summed E-state index contributed by atoms with van der Waals surface area (Å²) in [5, 5.41) is 18.1. The second kappa shape index (κ2) is 13.2. The van der Waals surface area contributed by atoms with Crippen LogP contribution in [0.5, 0.6) is 0 Å². The van der Waals surface area contributed by atoms with Crippen LogP contribution in [0.15, 0.2) is 42.5 Å². The van der Waals surface area contributed by atoms with Gasteiger partial charge in [-0.1, -0.05) is 62.4 Å². The van der Waals surface area contributed by atoms with E-state index in [1.54, 1.807) is 12.1 Å². The number of ketones is 1. The van der Waals surface area contributed by atoms with Gasteiger partial charge in [0.05, 0.1) is 6.10 Å². The van der Waals surface area contributed by atoms with Crippen LogP contribution >= 0.6 is 0 Å². The quantitative estimate of drug-likeness (QED) is 0.321. The molecule has 2 heterocycles. The van der Waals surface area contributed by atoms with Crippen molar-refractivity contribution in [2.45, 2.75) is 81.5 Å². The first-order valence-electron chi connectivity index (χ1n) is 15.2. The number of nitrogens with two attached hydrogens (primary N) is 1. The number of primary amides is 1. The number of aliphatic hydroxyl groups excluding tert-OH is 1. The number of aliphatic hydroxyl groups is 1. The molecule has 2 saturated heterocycles. The predicted molar refractivity (Wildman–Crippen MR) is 158 cm³/mol. The van der Waals surface area contributed by atoms with Gasteiger partial charge in [-0.3, -0.25) is 24.0 Å². The average Bonchev–Trinajstić information content (AvgIpc) is 3.42. The molecular weight excluding hydrogens is 552 g/mol. The number of amides is 4. The molecule has 2 aromatic carbocycles. The van der Waals surface area contributed by atoms with Crippen LogP contribution < -0.4 is 16.4 Å². The minimum absolute atomic E-state index is 0.0380. The fraction of sp³-hybridized carbons (Fsp3) is 0.531. The van der Waals surface area contributed by atoms with Crippen molar-refractivity contribution in [1.82, 2.24) is 15.5 Å². The van der Waals surface area contributed by atoms with E-state index in [4.69, 9.17) is 10.5 Å². The van der Waals surface area contributed by atoms with Gasteiger partial charge in [0, 0.05) is 44.6 Å². The highest BCUT2D eigenvalue weighted by molar-refractivity contribution is 6.39. The number of hydrogen-bond donors (Lipinski definition) is 4. The first-order chi connectivity index (χ1) is 20.7. The molecule has 4 amide bonds. The first-order valence-corrected chi connectivity index (χ1v) is 15.2. The Hall–Kier alpha value is -3.83. The molecule has 2 aliphatic heterocycles. The van der Waals surface area contributed by atoms with E-state index < -0.39 is 53.1 Å². The van der Waals surface area contributed by atoms with Crippen molar-refractivity contribution in [3.63, 3.8) is 0 Å². The Labute approximate surface area is 250 Å². The van der Waals surface area contributed by atoms with E-state index in [9.17, 15) is 29.1 Å². The van der Waals surface area contributed by atoms with Gasteiger partial charge in [-0.25, -0.2) is 0 Å². The van der Waals surface area contributed by atoms with Crippen LogP contribution in [-0.4, -0.2) is 82.9 Å². The molecule has 5 N–H and O–H groups in total. The summed E-state index contributed by atoms with van der Waals surface area (Å²) in [7, 11) is 0. The number of ether oxygens (including phenoxy) is 1. The zero-order chi connectivity index (χ0) is 30.6. The minimum Gasteiger partial charge on any atom is -0.391 e. The fourth-order valence-corrected chi connectivity index (χ4v) is 6.74. The third kappa shape index (κ3) is 6.88. The molecule has 43 heavy (non-hydrogen) atoms. The number of carbonyl (C=O) groups is 5. The number of fused-ring (bicyclic) bond motifs is 1. The predicted octanol–water partition coefficient (Wildman–Crippen LogP) is 1.59. The van der Waals surface area contributed by atoms with Crippen LogP contribution in [-0.2, 0) is 23.9 Å². The normalized spacial score (nSPS) is 23.0. The Kier molecular flexibility index (Phi) is 9.41. The second-order valence-corrected chi connectivity index (χ2v) is 12.1. The molecule has 3 atom stereocenters. The summed E-state index contributed by atoms with van der Waals surface area (Å²) in [6, 6.07) is 11.1. The summed E-state index contributed by atoms with van der Waals surface area (Å²) in [5.41, 5.74) is 4.19. The van der Waals surface area contributed by atoms with Gasteiger partial charge in [0.1, 0.15) is 17.6 Å². The molecule has 0 aromatic heterocycles. The molecule has 2 aromatic rings. The highest BCUT2D eigenvalue weighted by Crippen LogP contribution is 2.30. The third-order valence-electron chi connectivity index (χ3n) is 9.14. The van der Waals surface area contributed by atoms with E-state index in [-0.39, 0.29) is 44.9 Å². The number of likely N-dealkylation sites (tertiary alicyclic amines) is 1. The lowest BCUT2D eigenvalue weighted by Crippen LogP contribution is -2.64. The first kappa shape index (κ1) is 30.6. The van der Waals surface area contributed by atoms with Gasteiger partial charge in [-0.15, -0.1) is 0 Å². The summed E-state index contributed by atoms with van der Waals surface area (Å²) in [5.74, 6) is -3.35. The zero-order valence-electron chi connectivity index (χ0n) is 24.3. The lowest BCUT2D eigenvalue weighted by atomic mass is 9.84. The van der Waals surface area contributed by atoms with Gasteiger partial charge in [-0.05, 0) is 35.2 Å². The van der Waals surface area contributed by atoms with Crippen LogP contribution in [0.2, 0.25) is 0 Å². The van der Waals surface area contributed by atoms with E-state index in [2.05, 4.69) is 10.6 Å². The number of nitrogens with zero attached hydrogens (tertiary/aromatic N) is 1. The van der Waals surface area contributed by atoms with Crippen LogP contribution in [0, 0.1) is 5.92 Å². The minimum atomic E-state index is -1.53. The summed E-state index contributed by atoms with van der Waals surface area (Å²) >= 11 is 0. The molecule has 1 aliphatic carbocycles. The maximum atomic E-state index is 14.1. The standard InChI is InChI=1S/C32H40N4O7/c33-28(39)27(38)32(12-14-43-15-13-32)35-30(41)26-18-24(37)19-36(26)31(42)25(16-20-6-2-1-3-7-20)34-29(40)23-11-10-21-8-4-5-9-22(21)17-23/h4-5,8-11,17,20,24-26,37H,1-3,6-7,12-16,18-19H2,(H2,33,39)(H,34,40)(H,35,41)/t24-,25-,26+/m1/s1. The molecule has 0 unspecified atom stereocenters. The van der Waals surface area contributed by atoms with E-state index in [1.807, 2.05) is 30.3 Å². The summed E-state index contributed by atoms with van der Waals surface area (Å²) in [6.45, 7) is 0.211. The molecule has 11 heteroatoms. The van der Waals surface area contributed by atoms with E-state index >= 15 is 0 Å². The van der Waals surface area contributed by atoms with Crippen molar-refractivity contribution in [1.29, 1.82) is 0 Å². The molecule has 5 rings (SSSR count). The van der Waals surface area contributed by atoms with Crippen molar-refractivity contribution < 1.29 is 33.8 Å². The zero-order valence-corrected chi connectivity index (χ0v) is 24.3. The lowest BCUT2D eigenvalue weighted by molar-refractivity contribution is -0.147. The number of carbonyl (C=O) groups excluding carboxylic acids is 5. The van der Waals surface area contributed by atoms with Crippen molar-refractivity contribution in [2.75, 3.05) is 19.8 Å². The van der Waals surface area contributed by atoms with Crippen molar-refractivity contribution in [3.05, 3.63) is 48.0 Å². The highest BCUT2D eigenvalue weighted by atomic mass is 16.5. The number of Topliss-reactive ketones (excluding diaryl/α,β-unsaturated/α-hetero) is 1. The highest BCUT2D eigenvalue weighted by Gasteiger charge is 2.48. The van der Waals surface area contributed by atoms with Crippen molar-refractivity contribution in [2.24, 2.45) is 11.7 Å². The van der Waals surface area contributed by atoms with Gasteiger partial charge in [-0.2, -0.15) is 0 Å². The maximum absolute atomic E-state index is 14.1. The van der Waals surface area contributed by atoms with E-state index in [0.29, 0.717) is 12.0 Å². The molecule has 1 saturated carbocycles. The van der Waals surface area contributed by atoms with Gasteiger partial charge in [0.25, 0.3) is 11.8 Å². The van der Waals surface area contributed by atoms with E-state index in [0.717, 1.165) is 42.9 Å². The van der Waals surface area contributed by atoms with Gasteiger partial charge in [0.15, 0.2) is 0 Å². The van der Waals surface area contributed by atoms with Gasteiger partial charge >= 0.3 is 0 Å². The monoisotopic (exact) mass is 592 g/mol. The largest absolute Gasteiger partial charge is 0.391 e. The molecule has 0 radical (unpaired) electrons. The number of β-amino-alcohol motifs (C(OH)–C–C–N with tert-alkyl or cyclic N) is 1. The Morgan fingerprint density at radius 3 is 2.40 bits per heavy atom. The number of benzene rings is 2. The Bertz CT molecular complexity index is 1380. The van der Waals surface area contributed by atoms with Crippen LogP contribution in [0.3, 0.4) is 0 Å². The molecule has 230 valence electrons. The topological polar surface area (TPSA) is 168 Å². The molecule has 3 aliphatic rings. The average molecular weight is 593 g/mol. The van der Waals surface area contributed by atoms with Gasteiger partial charge in [0.2, 0.25) is 17.6 Å². The molecule has 3 fully saturated rings. The molecule has 11 nitrogen and oxygen atoms in total. The summed E-state index contributed by atoms with van der Waals surface area (Å²) < 4.78 is 5.34. The summed E-state index contributed by atoms with van der Waals surface area (Å²) in [4.78, 5) is 67.2.